The lowest BCUT2D eigenvalue weighted by Crippen LogP contribution is -2.40. The van der Waals surface area contributed by atoms with Crippen LogP contribution < -0.4 is 0 Å². The molecule has 5 nitrogen and oxygen atoms in total. The number of carbonyl (C=O) groups excluding carboxylic acids is 2. The molecular weight excluding hydrogens is 386 g/mol. The molecule has 0 N–H and O–H groups in total. The standard InChI is InChI=1S/C20H24ClNO4S/c1-12(2)26-16-10-22-8-7-17(27)14(19(22)20(16)24)9-18(23)25-11-13-5-3-4-6-15(13)21/h3-6,12,16,19,27H,7-11H2,1-2H3. The minimum absolute atomic E-state index is 0.00357. The number of thiol groups is 1. The number of carbonyl (C=O) groups is 2. The lowest BCUT2D eigenvalue weighted by Gasteiger charge is -2.30. The van der Waals surface area contributed by atoms with E-state index in [4.69, 9.17) is 21.1 Å². The molecule has 0 bridgehead atoms. The summed E-state index contributed by atoms with van der Waals surface area (Å²) in [5, 5.41) is 0.558. The van der Waals surface area contributed by atoms with Crippen molar-refractivity contribution in [3.05, 3.63) is 45.3 Å². The third-order valence-corrected chi connectivity index (χ3v) is 5.69. The first-order chi connectivity index (χ1) is 12.9. The van der Waals surface area contributed by atoms with Gasteiger partial charge in [-0.3, -0.25) is 14.5 Å². The number of fused-ring (bicyclic) bond motifs is 1. The van der Waals surface area contributed by atoms with Crippen LogP contribution in [0, 0.1) is 0 Å². The second-order valence-corrected chi connectivity index (χ2v) is 8.07. The highest BCUT2D eigenvalue weighted by molar-refractivity contribution is 7.84. The number of halogens is 1. The summed E-state index contributed by atoms with van der Waals surface area (Å²) >= 11 is 10.6. The Bertz CT molecular complexity index is 764. The van der Waals surface area contributed by atoms with Gasteiger partial charge in [-0.2, -0.15) is 0 Å². The van der Waals surface area contributed by atoms with Gasteiger partial charge >= 0.3 is 5.97 Å². The van der Waals surface area contributed by atoms with Gasteiger partial charge in [-0.1, -0.05) is 29.8 Å². The lowest BCUT2D eigenvalue weighted by molar-refractivity contribution is -0.144. The highest BCUT2D eigenvalue weighted by atomic mass is 35.5. The Labute approximate surface area is 170 Å². The first kappa shape index (κ1) is 20.4. The van der Waals surface area contributed by atoms with Crippen LogP contribution in [-0.2, 0) is 25.7 Å². The first-order valence-corrected chi connectivity index (χ1v) is 9.92. The number of hydrogen-bond acceptors (Lipinski definition) is 6. The number of ether oxygens (including phenoxy) is 2. The predicted molar refractivity (Wildman–Crippen MR) is 107 cm³/mol. The summed E-state index contributed by atoms with van der Waals surface area (Å²) in [6, 6.07) is 6.79. The molecular formula is C20H24ClNO4S. The lowest BCUT2D eigenvalue weighted by atomic mass is 9.95. The number of ketones is 1. The van der Waals surface area contributed by atoms with Crippen LogP contribution in [0.25, 0.3) is 0 Å². The van der Waals surface area contributed by atoms with E-state index in [-0.39, 0.29) is 30.9 Å². The molecule has 146 valence electrons. The van der Waals surface area contributed by atoms with Gasteiger partial charge in [0.2, 0.25) is 0 Å². The molecule has 2 atom stereocenters. The highest BCUT2D eigenvalue weighted by Crippen LogP contribution is 2.34. The van der Waals surface area contributed by atoms with E-state index in [0.717, 1.165) is 22.6 Å². The zero-order valence-corrected chi connectivity index (χ0v) is 17.1. The largest absolute Gasteiger partial charge is 0.461 e. The minimum Gasteiger partial charge on any atom is -0.461 e. The second kappa shape index (κ2) is 8.78. The molecule has 1 saturated heterocycles. The zero-order valence-electron chi connectivity index (χ0n) is 15.5. The zero-order chi connectivity index (χ0) is 19.6. The molecule has 1 aromatic rings. The van der Waals surface area contributed by atoms with E-state index < -0.39 is 12.1 Å². The second-order valence-electron chi connectivity index (χ2n) is 7.12. The Kier molecular flexibility index (Phi) is 6.63. The molecule has 0 radical (unpaired) electrons. The molecule has 2 unspecified atom stereocenters. The maximum Gasteiger partial charge on any atom is 0.310 e. The van der Waals surface area contributed by atoms with E-state index in [1.807, 2.05) is 32.0 Å². The topological polar surface area (TPSA) is 55.8 Å². The minimum atomic E-state index is -0.455. The average molecular weight is 410 g/mol. The van der Waals surface area contributed by atoms with E-state index >= 15 is 0 Å². The summed E-state index contributed by atoms with van der Waals surface area (Å²) in [6.45, 7) is 5.23. The summed E-state index contributed by atoms with van der Waals surface area (Å²) in [7, 11) is 0. The van der Waals surface area contributed by atoms with Gasteiger partial charge in [0.05, 0.1) is 18.6 Å². The molecule has 0 aliphatic carbocycles. The third kappa shape index (κ3) is 4.74. The molecule has 27 heavy (non-hydrogen) atoms. The Balaban J connectivity index is 1.66. The normalized spacial score (nSPS) is 23.1. The number of hydrogen-bond donors (Lipinski definition) is 1. The molecule has 7 heteroatoms. The van der Waals surface area contributed by atoms with E-state index in [1.54, 1.807) is 6.07 Å². The number of esters is 1. The fraction of sp³-hybridized carbons (Fsp3) is 0.500. The number of Topliss-reactive ketones (excluding diaryl/α,β-unsaturated/α-hetero) is 1. The summed E-state index contributed by atoms with van der Waals surface area (Å²) in [4.78, 5) is 28.1. The van der Waals surface area contributed by atoms with Crippen molar-refractivity contribution in [1.82, 2.24) is 4.90 Å². The molecule has 0 aromatic heterocycles. The summed E-state index contributed by atoms with van der Waals surface area (Å²) in [5.74, 6) is -0.386. The molecule has 2 aliphatic heterocycles. The van der Waals surface area contributed by atoms with Crippen molar-refractivity contribution in [3.63, 3.8) is 0 Å². The number of nitrogens with zero attached hydrogens (tertiary/aromatic N) is 1. The van der Waals surface area contributed by atoms with Crippen molar-refractivity contribution in [1.29, 1.82) is 0 Å². The van der Waals surface area contributed by atoms with E-state index in [2.05, 4.69) is 17.5 Å². The fourth-order valence-corrected chi connectivity index (χ4v) is 4.05. The maximum absolute atomic E-state index is 12.8. The van der Waals surface area contributed by atoms with Gasteiger partial charge in [-0.25, -0.2) is 0 Å². The van der Waals surface area contributed by atoms with Gasteiger partial charge in [-0.05, 0) is 36.8 Å². The Morgan fingerprint density at radius 2 is 2.11 bits per heavy atom. The van der Waals surface area contributed by atoms with Crippen LogP contribution in [0.2, 0.25) is 5.02 Å². The van der Waals surface area contributed by atoms with Crippen LogP contribution >= 0.6 is 24.2 Å². The van der Waals surface area contributed by atoms with E-state index in [9.17, 15) is 9.59 Å². The van der Waals surface area contributed by atoms with Crippen LogP contribution in [0.4, 0.5) is 0 Å². The summed E-state index contributed by atoms with van der Waals surface area (Å²) in [6.07, 6.45) is 0.283. The Morgan fingerprint density at radius 1 is 1.37 bits per heavy atom. The molecule has 2 heterocycles. The summed E-state index contributed by atoms with van der Waals surface area (Å²) < 4.78 is 11.1. The SMILES string of the molecule is CC(C)OC1CN2CCC(S)=C(CC(=O)OCc3ccccc3Cl)C2C1=O. The summed E-state index contributed by atoms with van der Waals surface area (Å²) in [5.41, 5.74) is 1.48. The van der Waals surface area contributed by atoms with Crippen molar-refractivity contribution in [2.45, 2.75) is 51.5 Å². The van der Waals surface area contributed by atoms with E-state index in [0.29, 0.717) is 18.0 Å². The van der Waals surface area contributed by atoms with E-state index in [1.165, 1.54) is 0 Å². The van der Waals surface area contributed by atoms with Gasteiger partial charge in [0.25, 0.3) is 0 Å². The van der Waals surface area contributed by atoms with Crippen LogP contribution in [-0.4, -0.2) is 48.0 Å². The molecule has 1 aromatic carbocycles. The van der Waals surface area contributed by atoms with Gasteiger partial charge in [-0.15, -0.1) is 12.6 Å². The monoisotopic (exact) mass is 409 g/mol. The fourth-order valence-electron chi connectivity index (χ4n) is 3.56. The quantitative estimate of drug-likeness (QED) is 0.576. The Hall–Kier alpha value is -1.34. The van der Waals surface area contributed by atoms with Gasteiger partial charge < -0.3 is 9.47 Å². The maximum atomic E-state index is 12.8. The van der Waals surface area contributed by atoms with Crippen molar-refractivity contribution < 1.29 is 19.1 Å². The van der Waals surface area contributed by atoms with Crippen molar-refractivity contribution in [2.75, 3.05) is 13.1 Å². The smallest absolute Gasteiger partial charge is 0.310 e. The average Bonchev–Trinajstić information content (AvgIpc) is 2.92. The third-order valence-electron chi connectivity index (χ3n) is 4.81. The van der Waals surface area contributed by atoms with Crippen molar-refractivity contribution >= 4 is 36.0 Å². The predicted octanol–water partition coefficient (Wildman–Crippen LogP) is 3.41. The van der Waals surface area contributed by atoms with Crippen LogP contribution in [0.15, 0.2) is 34.7 Å². The van der Waals surface area contributed by atoms with Crippen LogP contribution in [0.1, 0.15) is 32.3 Å². The number of benzene rings is 1. The van der Waals surface area contributed by atoms with Crippen LogP contribution in [0.5, 0.6) is 0 Å². The highest BCUT2D eigenvalue weighted by Gasteiger charge is 2.45. The molecule has 0 spiro atoms. The van der Waals surface area contributed by atoms with Crippen molar-refractivity contribution in [3.8, 4) is 0 Å². The molecule has 3 rings (SSSR count). The van der Waals surface area contributed by atoms with Gasteiger partial charge in [0.15, 0.2) is 5.78 Å². The first-order valence-electron chi connectivity index (χ1n) is 9.10. The number of rotatable bonds is 6. The molecule has 0 amide bonds. The van der Waals surface area contributed by atoms with Crippen LogP contribution in [0.3, 0.4) is 0 Å². The van der Waals surface area contributed by atoms with Gasteiger partial charge in [0.1, 0.15) is 12.7 Å². The van der Waals surface area contributed by atoms with Gasteiger partial charge in [0, 0.05) is 23.7 Å². The molecule has 0 saturated carbocycles. The molecule has 2 aliphatic rings. The van der Waals surface area contributed by atoms with Crippen molar-refractivity contribution in [2.24, 2.45) is 0 Å². The molecule has 1 fully saturated rings. The Morgan fingerprint density at radius 3 is 2.81 bits per heavy atom.